The summed E-state index contributed by atoms with van der Waals surface area (Å²) >= 11 is 0. The van der Waals surface area contributed by atoms with Crippen LogP contribution in [0.25, 0.3) is 0 Å². The number of hydrogen-bond donors (Lipinski definition) is 3. The number of rotatable bonds is 2. The quantitative estimate of drug-likeness (QED) is 0.595. The van der Waals surface area contributed by atoms with Gasteiger partial charge in [-0.15, -0.1) is 0 Å². The van der Waals surface area contributed by atoms with Crippen LogP contribution in [0.5, 0.6) is 0 Å². The molecule has 0 saturated carbocycles. The van der Waals surface area contributed by atoms with Crippen LogP contribution in [0.4, 0.5) is 4.79 Å². The molecule has 0 aliphatic carbocycles. The molecule has 7 heteroatoms. The Morgan fingerprint density at radius 3 is 2.50 bits per heavy atom. The van der Waals surface area contributed by atoms with Gasteiger partial charge >= 0.3 is 6.03 Å². The Morgan fingerprint density at radius 1 is 1.19 bits per heavy atom. The molecule has 2 aliphatic rings. The number of hydrogen-bond acceptors (Lipinski definition) is 4. The van der Waals surface area contributed by atoms with Gasteiger partial charge in [0.2, 0.25) is 0 Å². The van der Waals surface area contributed by atoms with Gasteiger partial charge < -0.3 is 16.0 Å². The topological polar surface area (TPSA) is 87.3 Å². The van der Waals surface area contributed by atoms with Crippen molar-refractivity contribution >= 4 is 15.9 Å². The monoisotopic (exact) mass is 247 g/mol. The first-order valence-electron chi connectivity index (χ1n) is 5.57. The Kier molecular flexibility index (Phi) is 3.34. The standard InChI is InChI=1S/C9H17N3O3S/c13-9(11-7-5-10-6-7)12-8-3-1-2-4-16(8,14)15/h7-8,10H,1-6H2,(H2,11,12,13). The van der Waals surface area contributed by atoms with Gasteiger partial charge in [0.15, 0.2) is 9.84 Å². The maximum atomic E-state index is 11.6. The van der Waals surface area contributed by atoms with Crippen molar-refractivity contribution in [3.63, 3.8) is 0 Å². The van der Waals surface area contributed by atoms with E-state index in [9.17, 15) is 13.2 Å². The van der Waals surface area contributed by atoms with Crippen molar-refractivity contribution in [1.82, 2.24) is 16.0 Å². The molecule has 92 valence electrons. The maximum absolute atomic E-state index is 11.6. The molecular weight excluding hydrogens is 230 g/mol. The van der Waals surface area contributed by atoms with E-state index >= 15 is 0 Å². The predicted octanol–water partition coefficient (Wildman–Crippen LogP) is -0.818. The average molecular weight is 247 g/mol. The average Bonchev–Trinajstić information content (AvgIpc) is 2.15. The van der Waals surface area contributed by atoms with E-state index in [0.717, 1.165) is 19.5 Å². The SMILES string of the molecule is O=C(NC1CNC1)NC1CCCCS1(=O)=O. The maximum Gasteiger partial charge on any atom is 0.316 e. The van der Waals surface area contributed by atoms with Crippen LogP contribution in [-0.4, -0.2) is 44.7 Å². The van der Waals surface area contributed by atoms with Gasteiger partial charge in [0.25, 0.3) is 0 Å². The fourth-order valence-corrected chi connectivity index (χ4v) is 3.58. The largest absolute Gasteiger partial charge is 0.333 e. The van der Waals surface area contributed by atoms with E-state index in [1.807, 2.05) is 0 Å². The molecule has 2 aliphatic heterocycles. The molecule has 1 unspecified atom stereocenters. The molecule has 0 aromatic rings. The molecular formula is C9H17N3O3S. The Bertz CT molecular complexity index is 364. The third kappa shape index (κ3) is 2.65. The van der Waals surface area contributed by atoms with Crippen molar-refractivity contribution in [3.05, 3.63) is 0 Å². The molecule has 0 radical (unpaired) electrons. The zero-order chi connectivity index (χ0) is 11.6. The molecule has 0 bridgehead atoms. The molecule has 2 amide bonds. The second kappa shape index (κ2) is 4.58. The van der Waals surface area contributed by atoms with Crippen LogP contribution in [0.3, 0.4) is 0 Å². The molecule has 0 aromatic heterocycles. The van der Waals surface area contributed by atoms with Crippen molar-refractivity contribution in [3.8, 4) is 0 Å². The summed E-state index contributed by atoms with van der Waals surface area (Å²) in [5.74, 6) is 0.183. The Balaban J connectivity index is 1.85. The first-order chi connectivity index (χ1) is 7.58. The number of carbonyl (C=O) groups is 1. The molecule has 0 spiro atoms. The lowest BCUT2D eigenvalue weighted by atomic mass is 10.2. The van der Waals surface area contributed by atoms with Gasteiger partial charge in [0.05, 0.1) is 11.8 Å². The van der Waals surface area contributed by atoms with Crippen molar-refractivity contribution < 1.29 is 13.2 Å². The minimum absolute atomic E-state index is 0.131. The van der Waals surface area contributed by atoms with Crippen molar-refractivity contribution in [2.45, 2.75) is 30.7 Å². The minimum atomic E-state index is -3.13. The first kappa shape index (κ1) is 11.7. The van der Waals surface area contributed by atoms with Crippen molar-refractivity contribution in [2.75, 3.05) is 18.8 Å². The van der Waals surface area contributed by atoms with Crippen LogP contribution in [0, 0.1) is 0 Å². The van der Waals surface area contributed by atoms with Gasteiger partial charge in [-0.05, 0) is 19.3 Å². The summed E-state index contributed by atoms with van der Waals surface area (Å²) in [5.41, 5.74) is 0. The van der Waals surface area contributed by atoms with Gasteiger partial charge in [-0.3, -0.25) is 0 Å². The second-order valence-corrected chi connectivity index (χ2v) is 6.63. The number of amides is 2. The second-order valence-electron chi connectivity index (χ2n) is 4.32. The van der Waals surface area contributed by atoms with Gasteiger partial charge in [-0.2, -0.15) is 0 Å². The summed E-state index contributed by atoms with van der Waals surface area (Å²) in [6, 6.07) is -0.242. The predicted molar refractivity (Wildman–Crippen MR) is 59.8 cm³/mol. The summed E-state index contributed by atoms with van der Waals surface area (Å²) in [6.07, 6.45) is 2.09. The van der Waals surface area contributed by atoms with Crippen LogP contribution < -0.4 is 16.0 Å². The Labute approximate surface area is 95.1 Å². The van der Waals surface area contributed by atoms with E-state index in [1.54, 1.807) is 0 Å². The van der Waals surface area contributed by atoms with E-state index < -0.39 is 15.2 Å². The number of nitrogens with one attached hydrogen (secondary N) is 3. The minimum Gasteiger partial charge on any atom is -0.333 e. The van der Waals surface area contributed by atoms with E-state index in [1.165, 1.54) is 0 Å². The van der Waals surface area contributed by atoms with E-state index in [0.29, 0.717) is 12.8 Å². The zero-order valence-corrected chi connectivity index (χ0v) is 9.85. The van der Waals surface area contributed by atoms with Gasteiger partial charge in [0.1, 0.15) is 5.37 Å². The smallest absolute Gasteiger partial charge is 0.316 e. The van der Waals surface area contributed by atoms with Crippen LogP contribution in [0.1, 0.15) is 19.3 Å². The summed E-state index contributed by atoms with van der Waals surface area (Å²) in [7, 11) is -3.13. The summed E-state index contributed by atoms with van der Waals surface area (Å²) in [4.78, 5) is 11.5. The highest BCUT2D eigenvalue weighted by Crippen LogP contribution is 2.17. The molecule has 16 heavy (non-hydrogen) atoms. The van der Waals surface area contributed by atoms with Gasteiger partial charge in [0, 0.05) is 13.1 Å². The lowest BCUT2D eigenvalue weighted by Crippen LogP contribution is -2.60. The Hall–Kier alpha value is -0.820. The molecule has 2 fully saturated rings. The third-order valence-corrected chi connectivity index (χ3v) is 5.07. The van der Waals surface area contributed by atoms with E-state index in [2.05, 4.69) is 16.0 Å². The van der Waals surface area contributed by atoms with Crippen molar-refractivity contribution in [1.29, 1.82) is 0 Å². The number of carbonyl (C=O) groups excluding carboxylic acids is 1. The molecule has 2 rings (SSSR count). The van der Waals surface area contributed by atoms with Crippen LogP contribution in [0.2, 0.25) is 0 Å². The molecule has 2 saturated heterocycles. The van der Waals surface area contributed by atoms with E-state index in [4.69, 9.17) is 0 Å². The molecule has 6 nitrogen and oxygen atoms in total. The lowest BCUT2D eigenvalue weighted by Gasteiger charge is -2.29. The highest BCUT2D eigenvalue weighted by molar-refractivity contribution is 7.92. The highest BCUT2D eigenvalue weighted by Gasteiger charge is 2.30. The first-order valence-corrected chi connectivity index (χ1v) is 7.29. The van der Waals surface area contributed by atoms with Crippen LogP contribution in [-0.2, 0) is 9.84 Å². The number of urea groups is 1. The molecule has 2 heterocycles. The summed E-state index contributed by atoms with van der Waals surface area (Å²) in [6.45, 7) is 1.51. The number of sulfone groups is 1. The molecule has 3 N–H and O–H groups in total. The molecule has 1 atom stereocenters. The van der Waals surface area contributed by atoms with E-state index in [-0.39, 0.29) is 17.8 Å². The highest BCUT2D eigenvalue weighted by atomic mass is 32.2. The fraction of sp³-hybridized carbons (Fsp3) is 0.889. The van der Waals surface area contributed by atoms with Gasteiger partial charge in [-0.1, -0.05) is 0 Å². The summed E-state index contributed by atoms with van der Waals surface area (Å²) in [5, 5.41) is 7.59. The third-order valence-electron chi connectivity index (χ3n) is 2.99. The lowest BCUT2D eigenvalue weighted by molar-refractivity contribution is 0.229. The van der Waals surface area contributed by atoms with Gasteiger partial charge in [-0.25, -0.2) is 13.2 Å². The molecule has 0 aromatic carbocycles. The van der Waals surface area contributed by atoms with Crippen LogP contribution >= 0.6 is 0 Å². The van der Waals surface area contributed by atoms with Crippen molar-refractivity contribution in [2.24, 2.45) is 0 Å². The fourth-order valence-electron chi connectivity index (χ4n) is 1.88. The summed E-state index contributed by atoms with van der Waals surface area (Å²) < 4.78 is 23.3. The zero-order valence-electron chi connectivity index (χ0n) is 9.03. The Morgan fingerprint density at radius 2 is 1.94 bits per heavy atom. The van der Waals surface area contributed by atoms with Crippen LogP contribution in [0.15, 0.2) is 0 Å². The normalized spacial score (nSPS) is 29.1.